The lowest BCUT2D eigenvalue weighted by Gasteiger charge is -2.21. The minimum atomic E-state index is -0.975. The van der Waals surface area contributed by atoms with E-state index < -0.39 is 10.8 Å². The topological polar surface area (TPSA) is 64.0 Å². The van der Waals surface area contributed by atoms with Crippen LogP contribution < -0.4 is 5.32 Å². The van der Waals surface area contributed by atoms with Crippen molar-refractivity contribution in [3.8, 4) is 5.69 Å². The van der Waals surface area contributed by atoms with Gasteiger partial charge in [-0.25, -0.2) is 9.07 Å². The molecule has 138 valence electrons. The van der Waals surface area contributed by atoms with Crippen LogP contribution in [-0.2, 0) is 27.1 Å². The molecule has 0 spiro atoms. The second-order valence-electron chi connectivity index (χ2n) is 7.15. The van der Waals surface area contributed by atoms with E-state index in [1.165, 1.54) is 31.4 Å². The van der Waals surface area contributed by atoms with Gasteiger partial charge in [0.05, 0.1) is 22.9 Å². The highest BCUT2D eigenvalue weighted by Gasteiger charge is 2.29. The maximum Gasteiger partial charge on any atom is 0.225 e. The van der Waals surface area contributed by atoms with Crippen molar-refractivity contribution in [1.29, 1.82) is 0 Å². The van der Waals surface area contributed by atoms with Gasteiger partial charge in [0.25, 0.3) is 0 Å². The van der Waals surface area contributed by atoms with Gasteiger partial charge in [-0.2, -0.15) is 5.10 Å². The first-order valence-corrected chi connectivity index (χ1v) is 10.6. The van der Waals surface area contributed by atoms with Crippen LogP contribution >= 0.6 is 0 Å². The first-order valence-electron chi connectivity index (χ1n) is 9.11. The summed E-state index contributed by atoms with van der Waals surface area (Å²) in [7, 11) is -0.975. The molecule has 1 unspecified atom stereocenters. The zero-order valence-electron chi connectivity index (χ0n) is 14.5. The van der Waals surface area contributed by atoms with Crippen molar-refractivity contribution >= 4 is 22.5 Å². The van der Waals surface area contributed by atoms with Crippen molar-refractivity contribution in [2.24, 2.45) is 5.92 Å². The van der Waals surface area contributed by atoms with Gasteiger partial charge in [0, 0.05) is 22.8 Å². The lowest BCUT2D eigenvalue weighted by Crippen LogP contribution is -2.20. The van der Waals surface area contributed by atoms with Gasteiger partial charge in [-0.05, 0) is 43.0 Å². The Morgan fingerprint density at radius 3 is 2.65 bits per heavy atom. The first kappa shape index (κ1) is 17.4. The number of hydrogen-bond donors (Lipinski definition) is 1. The molecule has 5 nitrogen and oxygen atoms in total. The van der Waals surface area contributed by atoms with Gasteiger partial charge in [-0.15, -0.1) is 0 Å². The fraction of sp³-hybridized carbons (Fsp3) is 0.474. The molecule has 0 radical (unpaired) electrons. The number of amides is 1. The molecule has 2 aromatic rings. The van der Waals surface area contributed by atoms with E-state index >= 15 is 0 Å². The fourth-order valence-corrected chi connectivity index (χ4v) is 5.13. The van der Waals surface area contributed by atoms with Crippen LogP contribution in [0.4, 0.5) is 10.2 Å². The number of rotatable bonds is 4. The number of nitrogens with zero attached hydrogens (tertiary/aromatic N) is 2. The summed E-state index contributed by atoms with van der Waals surface area (Å²) in [5.41, 5.74) is 2.27. The van der Waals surface area contributed by atoms with Gasteiger partial charge >= 0.3 is 0 Å². The summed E-state index contributed by atoms with van der Waals surface area (Å²) in [5.74, 6) is 1.47. The highest BCUT2D eigenvalue weighted by molar-refractivity contribution is 7.83. The predicted molar refractivity (Wildman–Crippen MR) is 98.9 cm³/mol. The Labute approximate surface area is 154 Å². The third-order valence-corrected chi connectivity index (χ3v) is 6.40. The molecule has 1 aromatic heterocycles. The molecule has 4 rings (SSSR count). The summed E-state index contributed by atoms with van der Waals surface area (Å²) < 4.78 is 26.8. The Balaban J connectivity index is 1.60. The Hall–Kier alpha value is -2.02. The van der Waals surface area contributed by atoms with Crippen LogP contribution in [0.2, 0.25) is 0 Å². The van der Waals surface area contributed by atoms with Crippen molar-refractivity contribution in [3.63, 3.8) is 0 Å². The zero-order valence-corrected chi connectivity index (χ0v) is 15.4. The molecular weight excluding hydrogens is 353 g/mol. The predicted octanol–water partition coefficient (Wildman–Crippen LogP) is 3.68. The third-order valence-electron chi connectivity index (χ3n) is 5.20. The van der Waals surface area contributed by atoms with E-state index in [2.05, 4.69) is 10.4 Å². The normalized spacial score (nSPS) is 20.1. The summed E-state index contributed by atoms with van der Waals surface area (Å²) in [5, 5.41) is 7.53. The fourth-order valence-electron chi connectivity index (χ4n) is 3.86. The molecule has 1 fully saturated rings. The van der Waals surface area contributed by atoms with Gasteiger partial charge in [0.15, 0.2) is 0 Å². The molecule has 1 aliphatic heterocycles. The van der Waals surface area contributed by atoms with E-state index in [0.717, 1.165) is 24.1 Å². The third kappa shape index (κ3) is 3.58. The number of fused-ring (bicyclic) bond motifs is 1. The van der Waals surface area contributed by atoms with Crippen LogP contribution in [0.25, 0.3) is 5.69 Å². The van der Waals surface area contributed by atoms with Crippen LogP contribution in [-0.4, -0.2) is 19.9 Å². The number of carbonyl (C=O) groups is 1. The van der Waals surface area contributed by atoms with E-state index in [9.17, 15) is 13.4 Å². The Morgan fingerprint density at radius 2 is 1.92 bits per heavy atom. The van der Waals surface area contributed by atoms with Crippen molar-refractivity contribution in [1.82, 2.24) is 9.78 Å². The highest BCUT2D eigenvalue weighted by atomic mass is 32.2. The summed E-state index contributed by atoms with van der Waals surface area (Å²) >= 11 is 0. The average Bonchev–Trinajstić information content (AvgIpc) is 3.14. The van der Waals surface area contributed by atoms with E-state index in [0.29, 0.717) is 35.3 Å². The first-order chi connectivity index (χ1) is 12.6. The summed E-state index contributed by atoms with van der Waals surface area (Å²) in [6.45, 7) is 0. The lowest BCUT2D eigenvalue weighted by atomic mass is 9.87. The Kier molecular flexibility index (Phi) is 4.89. The van der Waals surface area contributed by atoms with Gasteiger partial charge in [-0.3, -0.25) is 9.00 Å². The molecule has 0 bridgehead atoms. The van der Waals surface area contributed by atoms with Crippen LogP contribution in [0.3, 0.4) is 0 Å². The quantitative estimate of drug-likeness (QED) is 0.887. The largest absolute Gasteiger partial charge is 0.310 e. The van der Waals surface area contributed by atoms with Gasteiger partial charge in [0.2, 0.25) is 5.91 Å². The number of nitrogens with one attached hydrogen (secondary N) is 1. The SMILES string of the molecule is O=C(CC1CCCCC1)Nc1c2c(nn1-c1ccc(F)cc1)CS(=O)C2. The molecule has 26 heavy (non-hydrogen) atoms. The molecule has 1 amide bonds. The van der Waals surface area contributed by atoms with Gasteiger partial charge < -0.3 is 5.32 Å². The van der Waals surface area contributed by atoms with Crippen LogP contribution in [0.5, 0.6) is 0 Å². The Bertz CT molecular complexity index is 841. The number of halogens is 1. The summed E-state index contributed by atoms with van der Waals surface area (Å²) in [6, 6.07) is 6.00. The smallest absolute Gasteiger partial charge is 0.225 e. The molecule has 2 heterocycles. The number of aromatic nitrogens is 2. The van der Waals surface area contributed by atoms with Crippen molar-refractivity contribution in [2.45, 2.75) is 50.0 Å². The molecule has 7 heteroatoms. The number of anilines is 1. The number of hydrogen-bond acceptors (Lipinski definition) is 3. The average molecular weight is 375 g/mol. The molecular formula is C19H22FN3O2S. The van der Waals surface area contributed by atoms with E-state index in [1.54, 1.807) is 16.8 Å². The van der Waals surface area contributed by atoms with E-state index in [-0.39, 0.29) is 11.7 Å². The highest BCUT2D eigenvalue weighted by Crippen LogP contribution is 2.32. The summed E-state index contributed by atoms with van der Waals surface area (Å²) in [6.07, 6.45) is 6.36. The molecule has 1 saturated carbocycles. The maximum atomic E-state index is 13.2. The van der Waals surface area contributed by atoms with Crippen LogP contribution in [0.15, 0.2) is 24.3 Å². The van der Waals surface area contributed by atoms with Gasteiger partial charge in [-0.1, -0.05) is 19.3 Å². The second kappa shape index (κ2) is 7.31. The Morgan fingerprint density at radius 1 is 1.19 bits per heavy atom. The lowest BCUT2D eigenvalue weighted by molar-refractivity contribution is -0.117. The molecule has 0 saturated heterocycles. The number of carbonyl (C=O) groups excluding carboxylic acids is 1. The van der Waals surface area contributed by atoms with Crippen molar-refractivity contribution in [2.75, 3.05) is 5.32 Å². The molecule has 1 aliphatic carbocycles. The van der Waals surface area contributed by atoms with Crippen LogP contribution in [0.1, 0.15) is 49.8 Å². The monoisotopic (exact) mass is 375 g/mol. The minimum Gasteiger partial charge on any atom is -0.310 e. The van der Waals surface area contributed by atoms with Crippen molar-refractivity contribution in [3.05, 3.63) is 41.3 Å². The molecule has 1 atom stereocenters. The van der Waals surface area contributed by atoms with E-state index in [1.807, 2.05) is 0 Å². The van der Waals surface area contributed by atoms with E-state index in [4.69, 9.17) is 0 Å². The second-order valence-corrected chi connectivity index (χ2v) is 8.60. The number of benzene rings is 1. The molecule has 2 aliphatic rings. The minimum absolute atomic E-state index is 0.0272. The molecule has 1 N–H and O–H groups in total. The zero-order chi connectivity index (χ0) is 18.1. The van der Waals surface area contributed by atoms with Crippen LogP contribution in [0, 0.1) is 11.7 Å². The van der Waals surface area contributed by atoms with Crippen molar-refractivity contribution < 1.29 is 13.4 Å². The standard InChI is InChI=1S/C19H22FN3O2S/c20-14-6-8-15(9-7-14)23-19(16-11-26(25)12-17(16)22-23)21-18(24)10-13-4-2-1-3-5-13/h6-9,13H,1-5,10-12H2,(H,21,24). The molecule has 1 aromatic carbocycles. The summed E-state index contributed by atoms with van der Waals surface area (Å²) in [4.78, 5) is 12.6. The maximum absolute atomic E-state index is 13.2. The van der Waals surface area contributed by atoms with Gasteiger partial charge in [0.1, 0.15) is 11.6 Å².